The zero-order valence-corrected chi connectivity index (χ0v) is 12.2. The van der Waals surface area contributed by atoms with E-state index < -0.39 is 0 Å². The molecule has 0 aliphatic carbocycles. The van der Waals surface area contributed by atoms with E-state index in [-0.39, 0.29) is 5.97 Å². The van der Waals surface area contributed by atoms with E-state index in [4.69, 9.17) is 4.74 Å². The molecule has 0 saturated heterocycles. The molecule has 18 heavy (non-hydrogen) atoms. The van der Waals surface area contributed by atoms with Crippen LogP contribution in [0.1, 0.15) is 32.6 Å². The number of isothiocyanates is 1. The Hall–Kier alpha value is -0.900. The molecule has 0 atom stereocenters. The molecule has 1 rings (SSSR count). The molecule has 0 aromatic rings. The van der Waals surface area contributed by atoms with Gasteiger partial charge in [-0.15, -0.1) is 11.8 Å². The second kappa shape index (κ2) is 8.25. The fourth-order valence-electron chi connectivity index (χ4n) is 1.70. The van der Waals surface area contributed by atoms with E-state index in [0.29, 0.717) is 17.2 Å². The van der Waals surface area contributed by atoms with Crippen LogP contribution in [0.5, 0.6) is 0 Å². The molecule has 5 heteroatoms. The van der Waals surface area contributed by atoms with Crippen molar-refractivity contribution in [1.82, 2.24) is 0 Å². The quantitative estimate of drug-likeness (QED) is 0.449. The Morgan fingerprint density at radius 1 is 1.56 bits per heavy atom. The third kappa shape index (κ3) is 4.41. The first-order valence-corrected chi connectivity index (χ1v) is 7.40. The maximum atomic E-state index is 12.0. The standard InChI is InChI=1S/C13H17NO2S2/c1-3-16-13(15)11-10(2)7-5-4-6-8-18-12(11)14-9-17/h2-8H2,1H3/b12-11+. The first kappa shape index (κ1) is 15.2. The molecule has 0 fully saturated rings. The summed E-state index contributed by atoms with van der Waals surface area (Å²) < 4.78 is 5.07. The number of esters is 1. The molecule has 0 unspecified atom stereocenters. The predicted molar refractivity (Wildman–Crippen MR) is 78.8 cm³/mol. The monoisotopic (exact) mass is 283 g/mol. The highest BCUT2D eigenvalue weighted by atomic mass is 32.2. The van der Waals surface area contributed by atoms with Crippen LogP contribution in [0.3, 0.4) is 0 Å². The Morgan fingerprint density at radius 3 is 3.00 bits per heavy atom. The van der Waals surface area contributed by atoms with Crippen molar-refractivity contribution in [3.8, 4) is 0 Å². The smallest absolute Gasteiger partial charge is 0.341 e. The van der Waals surface area contributed by atoms with Crippen molar-refractivity contribution in [2.24, 2.45) is 4.99 Å². The van der Waals surface area contributed by atoms with Gasteiger partial charge in [0.05, 0.1) is 17.3 Å². The minimum absolute atomic E-state index is 0.342. The van der Waals surface area contributed by atoms with Crippen molar-refractivity contribution < 1.29 is 9.53 Å². The van der Waals surface area contributed by atoms with Crippen LogP contribution in [0.2, 0.25) is 0 Å². The van der Waals surface area contributed by atoms with E-state index in [9.17, 15) is 4.79 Å². The number of hydrogen-bond donors (Lipinski definition) is 0. The molecular weight excluding hydrogens is 266 g/mol. The highest BCUT2D eigenvalue weighted by Gasteiger charge is 2.21. The van der Waals surface area contributed by atoms with Crippen molar-refractivity contribution in [2.75, 3.05) is 12.4 Å². The molecule has 1 aliphatic heterocycles. The van der Waals surface area contributed by atoms with Crippen molar-refractivity contribution >= 4 is 35.1 Å². The topological polar surface area (TPSA) is 38.7 Å². The van der Waals surface area contributed by atoms with Gasteiger partial charge in [0.25, 0.3) is 0 Å². The van der Waals surface area contributed by atoms with Crippen LogP contribution < -0.4 is 0 Å². The summed E-state index contributed by atoms with van der Waals surface area (Å²) >= 11 is 6.17. The van der Waals surface area contributed by atoms with Crippen LogP contribution >= 0.6 is 24.0 Å². The molecular formula is C13H17NO2S2. The summed E-state index contributed by atoms with van der Waals surface area (Å²) in [6.07, 6.45) is 4.07. The normalized spacial score (nSPS) is 21.3. The summed E-state index contributed by atoms with van der Waals surface area (Å²) in [5, 5.41) is 2.93. The lowest BCUT2D eigenvalue weighted by atomic mass is 10.0. The van der Waals surface area contributed by atoms with E-state index in [1.165, 1.54) is 11.8 Å². The largest absolute Gasteiger partial charge is 0.462 e. The number of rotatable bonds is 3. The summed E-state index contributed by atoms with van der Waals surface area (Å²) in [6, 6.07) is 0. The number of aliphatic imine (C=N–C) groups is 1. The predicted octanol–water partition coefficient (Wildman–Crippen LogP) is 3.73. The van der Waals surface area contributed by atoms with E-state index in [1.807, 2.05) is 0 Å². The van der Waals surface area contributed by atoms with E-state index in [2.05, 4.69) is 29.0 Å². The van der Waals surface area contributed by atoms with Gasteiger partial charge in [0, 0.05) is 0 Å². The molecule has 1 heterocycles. The third-order valence-electron chi connectivity index (χ3n) is 2.56. The molecule has 3 nitrogen and oxygen atoms in total. The van der Waals surface area contributed by atoms with Crippen molar-refractivity contribution in [3.05, 3.63) is 22.8 Å². The molecule has 0 amide bonds. The van der Waals surface area contributed by atoms with Gasteiger partial charge in [0.2, 0.25) is 0 Å². The number of thiocarbonyl (C=S) groups is 1. The maximum Gasteiger partial charge on any atom is 0.341 e. The average Bonchev–Trinajstić information content (AvgIpc) is 2.41. The van der Waals surface area contributed by atoms with Crippen LogP contribution in [-0.2, 0) is 9.53 Å². The maximum absolute atomic E-state index is 12.0. The van der Waals surface area contributed by atoms with Crippen molar-refractivity contribution in [2.45, 2.75) is 32.6 Å². The Labute approximate surface area is 117 Å². The number of nitrogens with zero attached hydrogens (tertiary/aromatic N) is 1. The highest BCUT2D eigenvalue weighted by molar-refractivity contribution is 8.03. The fraction of sp³-hybridized carbons (Fsp3) is 0.538. The van der Waals surface area contributed by atoms with Gasteiger partial charge in [-0.3, -0.25) is 0 Å². The number of carbonyl (C=O) groups excluding carboxylic acids is 1. The Bertz CT molecular complexity index is 409. The molecule has 0 saturated carbocycles. The SMILES string of the molecule is C=C1CCCCCS/C(N=C=S)=C\1C(=O)OCC. The Kier molecular flexibility index (Phi) is 6.94. The minimum atomic E-state index is -0.360. The first-order chi connectivity index (χ1) is 8.70. The summed E-state index contributed by atoms with van der Waals surface area (Å²) in [6.45, 7) is 6.11. The third-order valence-corrected chi connectivity index (χ3v) is 3.71. The molecule has 0 radical (unpaired) electrons. The summed E-state index contributed by atoms with van der Waals surface area (Å²) in [7, 11) is 0. The van der Waals surface area contributed by atoms with Gasteiger partial charge in [-0.25, -0.2) is 4.79 Å². The number of hydrogen-bond acceptors (Lipinski definition) is 5. The average molecular weight is 283 g/mol. The number of carbonyl (C=O) groups is 1. The Morgan fingerprint density at radius 2 is 2.33 bits per heavy atom. The van der Waals surface area contributed by atoms with Crippen molar-refractivity contribution in [1.29, 1.82) is 0 Å². The van der Waals surface area contributed by atoms with E-state index >= 15 is 0 Å². The molecule has 0 aromatic carbocycles. The fourth-order valence-corrected chi connectivity index (χ4v) is 2.87. The van der Waals surface area contributed by atoms with Gasteiger partial charge in [0.1, 0.15) is 5.03 Å². The highest BCUT2D eigenvalue weighted by Crippen LogP contribution is 2.31. The molecule has 0 aromatic heterocycles. The summed E-state index contributed by atoms with van der Waals surface area (Å²) in [4.78, 5) is 16.0. The number of thioether (sulfide) groups is 1. The summed E-state index contributed by atoms with van der Waals surface area (Å²) in [5.74, 6) is 0.562. The minimum Gasteiger partial charge on any atom is -0.462 e. The van der Waals surface area contributed by atoms with Crippen molar-refractivity contribution in [3.63, 3.8) is 0 Å². The molecule has 1 aliphatic rings. The molecule has 0 bridgehead atoms. The van der Waals surface area contributed by atoms with Crippen LogP contribution in [0.15, 0.2) is 27.7 Å². The zero-order chi connectivity index (χ0) is 13.4. The Balaban J connectivity index is 3.13. The van der Waals surface area contributed by atoms with Gasteiger partial charge >= 0.3 is 5.97 Å². The van der Waals surface area contributed by atoms with Gasteiger partial charge < -0.3 is 4.74 Å². The second-order valence-corrected chi connectivity index (χ2v) is 5.13. The lowest BCUT2D eigenvalue weighted by Crippen LogP contribution is -2.11. The van der Waals surface area contributed by atoms with Crippen LogP contribution in [0.4, 0.5) is 0 Å². The molecule has 0 N–H and O–H groups in total. The second-order valence-electron chi connectivity index (χ2n) is 3.87. The van der Waals surface area contributed by atoms with Crippen LogP contribution in [-0.4, -0.2) is 23.5 Å². The van der Waals surface area contributed by atoms with Crippen LogP contribution in [0.25, 0.3) is 0 Å². The molecule has 98 valence electrons. The van der Waals surface area contributed by atoms with Crippen LogP contribution in [0, 0.1) is 0 Å². The lowest BCUT2D eigenvalue weighted by Gasteiger charge is -2.11. The number of ether oxygens (including phenoxy) is 1. The van der Waals surface area contributed by atoms with Gasteiger partial charge in [-0.05, 0) is 49.7 Å². The van der Waals surface area contributed by atoms with Gasteiger partial charge in [0.15, 0.2) is 0 Å². The summed E-state index contributed by atoms with van der Waals surface area (Å²) in [5.41, 5.74) is 1.26. The van der Waals surface area contributed by atoms with Gasteiger partial charge in [-0.2, -0.15) is 4.99 Å². The molecule has 0 spiro atoms. The zero-order valence-electron chi connectivity index (χ0n) is 10.5. The first-order valence-electron chi connectivity index (χ1n) is 6.01. The van der Waals surface area contributed by atoms with Gasteiger partial charge in [-0.1, -0.05) is 13.0 Å². The van der Waals surface area contributed by atoms with E-state index in [0.717, 1.165) is 37.0 Å². The lowest BCUT2D eigenvalue weighted by molar-refractivity contribution is -0.138. The van der Waals surface area contributed by atoms with E-state index in [1.54, 1.807) is 6.92 Å².